The zero-order valence-corrected chi connectivity index (χ0v) is 11.6. The highest BCUT2D eigenvalue weighted by Gasteiger charge is 2.19. The number of rotatable bonds is 5. The number of carbonyl (C=O) groups is 1. The van der Waals surface area contributed by atoms with E-state index in [-0.39, 0.29) is 17.1 Å². The fraction of sp³-hybridized carbons (Fsp3) is 0.333. The molecule has 10 nitrogen and oxygen atoms in total. The van der Waals surface area contributed by atoms with Crippen LogP contribution >= 0.6 is 0 Å². The first-order valence-corrected chi connectivity index (χ1v) is 7.03. The van der Waals surface area contributed by atoms with Crippen LogP contribution in [0, 0.1) is 0 Å². The standard InChI is InChI=1S/C9H13N7O3S/c1-10-20(18,19)6-3-7(16(2)5-6)9(17)11-4-8-12-14-15-13-8/h3,5,10H,4H2,1-2H3,(H,11,17)(H,12,13,14,15). The van der Waals surface area contributed by atoms with Crippen LogP contribution in [-0.4, -0.2) is 46.6 Å². The lowest BCUT2D eigenvalue weighted by Crippen LogP contribution is -2.25. The van der Waals surface area contributed by atoms with Gasteiger partial charge in [-0.2, -0.15) is 5.21 Å². The zero-order valence-electron chi connectivity index (χ0n) is 10.8. The molecule has 0 aromatic carbocycles. The quantitative estimate of drug-likeness (QED) is 0.607. The molecule has 0 unspecified atom stereocenters. The minimum atomic E-state index is -3.58. The molecule has 0 aliphatic heterocycles. The van der Waals surface area contributed by atoms with Crippen molar-refractivity contribution in [2.75, 3.05) is 7.05 Å². The van der Waals surface area contributed by atoms with Crippen molar-refractivity contribution in [3.63, 3.8) is 0 Å². The Balaban J connectivity index is 2.14. The minimum absolute atomic E-state index is 0.0206. The Labute approximate surface area is 114 Å². The highest BCUT2D eigenvalue weighted by molar-refractivity contribution is 7.89. The molecule has 2 aromatic rings. The van der Waals surface area contributed by atoms with Crippen LogP contribution in [-0.2, 0) is 23.6 Å². The smallest absolute Gasteiger partial charge is 0.268 e. The number of nitrogens with zero attached hydrogens (tertiary/aromatic N) is 4. The second-order valence-corrected chi connectivity index (χ2v) is 5.78. The summed E-state index contributed by atoms with van der Waals surface area (Å²) >= 11 is 0. The molecule has 0 radical (unpaired) electrons. The van der Waals surface area contributed by atoms with Gasteiger partial charge in [-0.25, -0.2) is 13.1 Å². The van der Waals surface area contributed by atoms with Gasteiger partial charge in [0.2, 0.25) is 10.0 Å². The summed E-state index contributed by atoms with van der Waals surface area (Å²) in [6.45, 7) is 0.0919. The summed E-state index contributed by atoms with van der Waals surface area (Å²) in [5, 5.41) is 15.6. The Kier molecular flexibility index (Phi) is 3.81. The van der Waals surface area contributed by atoms with Gasteiger partial charge in [-0.05, 0) is 13.1 Å². The maximum atomic E-state index is 12.0. The highest BCUT2D eigenvalue weighted by atomic mass is 32.2. The fourth-order valence-electron chi connectivity index (χ4n) is 1.53. The SMILES string of the molecule is CNS(=O)(=O)c1cc(C(=O)NCc2nn[nH]n2)n(C)c1. The lowest BCUT2D eigenvalue weighted by atomic mass is 10.4. The van der Waals surface area contributed by atoms with E-state index in [0.717, 1.165) is 0 Å². The van der Waals surface area contributed by atoms with E-state index < -0.39 is 15.9 Å². The van der Waals surface area contributed by atoms with Crippen LogP contribution in [0.5, 0.6) is 0 Å². The third-order valence-electron chi connectivity index (χ3n) is 2.59. The molecule has 2 heterocycles. The third-order valence-corrected chi connectivity index (χ3v) is 3.97. The highest BCUT2D eigenvalue weighted by Crippen LogP contribution is 2.12. The van der Waals surface area contributed by atoms with E-state index in [4.69, 9.17) is 0 Å². The molecule has 0 aliphatic carbocycles. The summed E-state index contributed by atoms with van der Waals surface area (Å²) in [7, 11) is -0.697. The number of nitrogens with one attached hydrogen (secondary N) is 3. The molecule has 108 valence electrons. The first-order valence-electron chi connectivity index (χ1n) is 5.54. The molecule has 0 fully saturated rings. The lowest BCUT2D eigenvalue weighted by molar-refractivity contribution is 0.0941. The summed E-state index contributed by atoms with van der Waals surface area (Å²) in [5.74, 6) is -0.106. The summed E-state index contributed by atoms with van der Waals surface area (Å²) in [5.41, 5.74) is 0.210. The average Bonchev–Trinajstić information content (AvgIpc) is 3.05. The molecule has 0 spiro atoms. The van der Waals surface area contributed by atoms with Crippen molar-refractivity contribution in [3.8, 4) is 0 Å². The van der Waals surface area contributed by atoms with Crippen LogP contribution in [0.3, 0.4) is 0 Å². The molecule has 1 amide bonds. The number of hydrogen-bond donors (Lipinski definition) is 3. The Bertz CT molecular complexity index is 704. The number of amides is 1. The Morgan fingerprint density at radius 2 is 2.25 bits per heavy atom. The Morgan fingerprint density at radius 1 is 1.50 bits per heavy atom. The Morgan fingerprint density at radius 3 is 2.85 bits per heavy atom. The van der Waals surface area contributed by atoms with E-state index in [1.165, 1.54) is 23.9 Å². The molecule has 0 atom stereocenters. The molecule has 0 saturated heterocycles. The van der Waals surface area contributed by atoms with E-state index in [2.05, 4.69) is 30.7 Å². The molecule has 3 N–H and O–H groups in total. The molecule has 2 aromatic heterocycles. The van der Waals surface area contributed by atoms with Crippen LogP contribution in [0.25, 0.3) is 0 Å². The van der Waals surface area contributed by atoms with Gasteiger partial charge in [0.25, 0.3) is 5.91 Å². The fourth-order valence-corrected chi connectivity index (χ4v) is 2.33. The maximum Gasteiger partial charge on any atom is 0.268 e. The molecule has 0 saturated carbocycles. The van der Waals surface area contributed by atoms with Crippen LogP contribution < -0.4 is 10.0 Å². The summed E-state index contributed by atoms with van der Waals surface area (Å²) in [6.07, 6.45) is 1.36. The molecule has 20 heavy (non-hydrogen) atoms. The van der Waals surface area contributed by atoms with E-state index >= 15 is 0 Å². The first kappa shape index (κ1) is 14.1. The number of aromatic amines is 1. The lowest BCUT2D eigenvalue weighted by Gasteiger charge is -2.02. The molecule has 0 aliphatic rings. The van der Waals surface area contributed by atoms with Crippen molar-refractivity contribution in [2.45, 2.75) is 11.4 Å². The monoisotopic (exact) mass is 299 g/mol. The second-order valence-electron chi connectivity index (χ2n) is 3.89. The first-order chi connectivity index (χ1) is 9.44. The normalized spacial score (nSPS) is 11.5. The van der Waals surface area contributed by atoms with Crippen molar-refractivity contribution >= 4 is 15.9 Å². The summed E-state index contributed by atoms with van der Waals surface area (Å²) < 4.78 is 26.9. The van der Waals surface area contributed by atoms with Gasteiger partial charge >= 0.3 is 0 Å². The molecule has 2 rings (SSSR count). The predicted molar refractivity (Wildman–Crippen MR) is 67.0 cm³/mol. The van der Waals surface area contributed by atoms with Crippen LogP contribution in [0.1, 0.15) is 16.3 Å². The van der Waals surface area contributed by atoms with Crippen molar-refractivity contribution in [3.05, 3.63) is 23.8 Å². The molecular weight excluding hydrogens is 286 g/mol. The van der Waals surface area contributed by atoms with Crippen molar-refractivity contribution in [1.29, 1.82) is 0 Å². The molecule has 11 heteroatoms. The number of hydrogen-bond acceptors (Lipinski definition) is 6. The van der Waals surface area contributed by atoms with Gasteiger partial charge in [0, 0.05) is 13.2 Å². The van der Waals surface area contributed by atoms with Gasteiger partial charge in [0.1, 0.15) is 10.6 Å². The molecular formula is C9H13N7O3S. The Hall–Kier alpha value is -2.27. The number of sulfonamides is 1. The minimum Gasteiger partial charge on any atom is -0.345 e. The van der Waals surface area contributed by atoms with E-state index in [1.807, 2.05) is 0 Å². The van der Waals surface area contributed by atoms with E-state index in [0.29, 0.717) is 5.82 Å². The van der Waals surface area contributed by atoms with Crippen LogP contribution in [0.2, 0.25) is 0 Å². The van der Waals surface area contributed by atoms with Gasteiger partial charge < -0.3 is 9.88 Å². The number of aryl methyl sites for hydroxylation is 1. The third kappa shape index (κ3) is 2.83. The molecule has 0 bridgehead atoms. The predicted octanol–water partition coefficient (Wildman–Crippen LogP) is -1.62. The number of H-pyrrole nitrogens is 1. The summed E-state index contributed by atoms with van der Waals surface area (Å²) in [6, 6.07) is 1.29. The topological polar surface area (TPSA) is 135 Å². The summed E-state index contributed by atoms with van der Waals surface area (Å²) in [4.78, 5) is 12.0. The largest absolute Gasteiger partial charge is 0.345 e. The second kappa shape index (κ2) is 5.38. The van der Waals surface area contributed by atoms with Gasteiger partial charge in [0.05, 0.1) is 6.54 Å². The zero-order chi connectivity index (χ0) is 14.8. The number of tetrazole rings is 1. The number of carbonyl (C=O) groups excluding carboxylic acids is 1. The number of aromatic nitrogens is 5. The van der Waals surface area contributed by atoms with Gasteiger partial charge in [-0.1, -0.05) is 5.21 Å². The van der Waals surface area contributed by atoms with Crippen LogP contribution in [0.4, 0.5) is 0 Å². The van der Waals surface area contributed by atoms with Crippen molar-refractivity contribution in [1.82, 2.24) is 35.2 Å². The van der Waals surface area contributed by atoms with E-state index in [9.17, 15) is 13.2 Å². The van der Waals surface area contributed by atoms with Gasteiger partial charge in [-0.15, -0.1) is 10.2 Å². The van der Waals surface area contributed by atoms with Crippen molar-refractivity contribution in [2.24, 2.45) is 7.05 Å². The van der Waals surface area contributed by atoms with Crippen LogP contribution in [0.15, 0.2) is 17.2 Å². The van der Waals surface area contributed by atoms with E-state index in [1.54, 1.807) is 7.05 Å². The van der Waals surface area contributed by atoms with Gasteiger partial charge in [0.15, 0.2) is 5.82 Å². The average molecular weight is 299 g/mol. The van der Waals surface area contributed by atoms with Gasteiger partial charge in [-0.3, -0.25) is 4.79 Å². The van der Waals surface area contributed by atoms with Crippen molar-refractivity contribution < 1.29 is 13.2 Å². The maximum absolute atomic E-state index is 12.0.